The minimum atomic E-state index is -4.60. The molecule has 0 unspecified atom stereocenters. The van der Waals surface area contributed by atoms with E-state index in [2.05, 4.69) is 65.0 Å². The molecule has 1 amide bonds. The van der Waals surface area contributed by atoms with E-state index < -0.39 is 41.5 Å². The Balaban J connectivity index is 0.964. The van der Waals surface area contributed by atoms with E-state index in [0.29, 0.717) is 49.0 Å². The van der Waals surface area contributed by atoms with E-state index in [9.17, 15) is 27.9 Å². The molecule has 364 valence electrons. The number of ether oxygens (including phenoxy) is 1. The lowest BCUT2D eigenvalue weighted by molar-refractivity contribution is -0.384. The first-order valence-corrected chi connectivity index (χ1v) is 27.2. The van der Waals surface area contributed by atoms with E-state index in [1.54, 1.807) is 30.5 Å². The molecule has 16 nitrogen and oxygen atoms in total. The van der Waals surface area contributed by atoms with Crippen LogP contribution in [0.5, 0.6) is 11.5 Å². The Morgan fingerprint density at radius 3 is 2.50 bits per heavy atom. The lowest BCUT2D eigenvalue weighted by atomic mass is 9.72. The first-order chi connectivity index (χ1) is 32.5. The Hall–Kier alpha value is -5.37. The van der Waals surface area contributed by atoms with Gasteiger partial charge in [-0.1, -0.05) is 43.2 Å². The normalized spacial score (nSPS) is 18.8. The van der Waals surface area contributed by atoms with Crippen LogP contribution in [-0.4, -0.2) is 120 Å². The number of hydrogen-bond acceptors (Lipinski definition) is 12. The molecule has 19 heteroatoms. The van der Waals surface area contributed by atoms with E-state index in [1.807, 2.05) is 32.0 Å². The minimum Gasteiger partial charge on any atom is -0.455 e. The molecule has 68 heavy (non-hydrogen) atoms. The van der Waals surface area contributed by atoms with E-state index in [0.717, 1.165) is 80.7 Å². The molecule has 3 aliphatic rings. The number of carbonyl (C=O) groups is 1. The molecule has 2 saturated heterocycles. The Kier molecular flexibility index (Phi) is 14.9. The summed E-state index contributed by atoms with van der Waals surface area (Å²) in [6.45, 7) is 15.2. The number of carbonyl (C=O) groups excluding carboxylic acids is 1. The maximum absolute atomic E-state index is 14.0. The number of sulfonamides is 1. The average molecular weight is 989 g/mol. The summed E-state index contributed by atoms with van der Waals surface area (Å²) in [6, 6.07) is 20.2. The summed E-state index contributed by atoms with van der Waals surface area (Å²) in [5, 5.41) is 17.0. The minimum absolute atomic E-state index is 0.0476. The van der Waals surface area contributed by atoms with Gasteiger partial charge in [0.25, 0.3) is 21.6 Å². The SMILES string of the molecule is CCN=[SH]1(O)CCN(CC[C@H](C)Nc2ccc(S(=O)(=O)NC(=O)c3ccc(N4CCN(CC5=C(c6ccc(Cl)cc6)CC(C)(C)CC5)CC4)cc3Oc3cnc4[nH]ccc4c3)cc2[N+](=O)[O-])CC1. The number of aromatic nitrogens is 2. The summed E-state index contributed by atoms with van der Waals surface area (Å²) < 4.78 is 51.3. The fraction of sp³-hybridized carbons (Fsp3) is 0.429. The van der Waals surface area contributed by atoms with Crippen molar-refractivity contribution in [3.05, 3.63) is 117 Å². The second kappa shape index (κ2) is 20.7. The van der Waals surface area contributed by atoms with Gasteiger partial charge in [-0.2, -0.15) is 0 Å². The van der Waals surface area contributed by atoms with Gasteiger partial charge in [0.1, 0.15) is 22.8 Å². The molecule has 0 spiro atoms. The average Bonchev–Trinajstić information content (AvgIpc) is 3.78. The van der Waals surface area contributed by atoms with E-state index >= 15 is 0 Å². The van der Waals surface area contributed by atoms with Crippen LogP contribution in [0.4, 0.5) is 17.1 Å². The number of amides is 1. The number of halogens is 1. The lowest BCUT2D eigenvalue weighted by Crippen LogP contribution is -2.47. The molecule has 4 N–H and O–H groups in total. The van der Waals surface area contributed by atoms with Crippen molar-refractivity contribution >= 4 is 71.3 Å². The van der Waals surface area contributed by atoms with Crippen LogP contribution in [0, 0.1) is 15.5 Å². The largest absolute Gasteiger partial charge is 0.455 e. The fourth-order valence-electron chi connectivity index (χ4n) is 9.34. The van der Waals surface area contributed by atoms with E-state index in [1.165, 1.54) is 35.0 Å². The summed E-state index contributed by atoms with van der Waals surface area (Å²) in [5.74, 6) is 0.816. The molecule has 8 rings (SSSR count). The Labute approximate surface area is 404 Å². The molecule has 0 radical (unpaired) electrons. The predicted octanol–water partition coefficient (Wildman–Crippen LogP) is 8.89. The quantitative estimate of drug-likeness (QED) is 0.0358. The first-order valence-electron chi connectivity index (χ1n) is 23.3. The zero-order valence-electron chi connectivity index (χ0n) is 39.1. The number of anilines is 2. The number of hydrogen-bond donors (Lipinski definition) is 5. The highest BCUT2D eigenvalue weighted by Gasteiger charge is 2.31. The highest BCUT2D eigenvalue weighted by Crippen LogP contribution is 2.43. The third-order valence-electron chi connectivity index (χ3n) is 13.3. The van der Waals surface area contributed by atoms with E-state index in [-0.39, 0.29) is 28.5 Å². The number of allylic oxidation sites excluding steroid dienone is 1. The summed E-state index contributed by atoms with van der Waals surface area (Å²) in [4.78, 5) is 39.7. The number of rotatable bonds is 16. The Morgan fingerprint density at radius 1 is 1.03 bits per heavy atom. The van der Waals surface area contributed by atoms with Gasteiger partial charge in [0.2, 0.25) is 0 Å². The van der Waals surface area contributed by atoms with Crippen LogP contribution < -0.4 is 19.7 Å². The standard InChI is InChI=1S/C49H62ClN9O7S2/c1-5-53-67(63)26-24-56(25-27-67)19-16-34(2)54-44-13-11-41(30-45(44)59(61)62)68(64,65)55-48(60)42-12-10-39(29-46(42)66-40-28-36-15-18-51-47(36)52-32-40)58-22-20-57(21-23-58)33-37-14-17-49(3,4)31-43(37)35-6-8-38(50)9-7-35/h6-13,15,18,28-30,32,34,54,67H,5,14,16-17,19-27,31,33H2,1-4H3,(H,51,52)(H,53,63)(H,55,60)/t34-/m0/s1. The van der Waals surface area contributed by atoms with Crippen LogP contribution in [0.3, 0.4) is 0 Å². The molecule has 2 fully saturated rings. The maximum atomic E-state index is 14.0. The molecule has 3 aromatic carbocycles. The number of nitro benzene ring substituents is 1. The van der Waals surface area contributed by atoms with Gasteiger partial charge >= 0.3 is 0 Å². The Morgan fingerprint density at radius 2 is 1.78 bits per heavy atom. The monoisotopic (exact) mass is 987 g/mol. The van der Waals surface area contributed by atoms with Gasteiger partial charge in [0, 0.05) is 111 Å². The third-order valence-corrected chi connectivity index (χ3v) is 17.5. The number of fused-ring (bicyclic) bond motifs is 1. The van der Waals surface area contributed by atoms with Crippen LogP contribution in [0.2, 0.25) is 5.02 Å². The summed E-state index contributed by atoms with van der Waals surface area (Å²) in [6.07, 6.45) is 7.12. The second-order valence-electron chi connectivity index (χ2n) is 18.9. The molecule has 5 aromatic rings. The van der Waals surface area contributed by atoms with Gasteiger partial charge in [-0.25, -0.2) is 18.1 Å². The zero-order valence-corrected chi connectivity index (χ0v) is 41.5. The lowest BCUT2D eigenvalue weighted by Gasteiger charge is -2.39. The number of nitro groups is 1. The molecule has 2 aliphatic heterocycles. The van der Waals surface area contributed by atoms with Crippen molar-refractivity contribution in [1.29, 1.82) is 0 Å². The van der Waals surface area contributed by atoms with Crippen molar-refractivity contribution in [2.45, 2.75) is 64.3 Å². The van der Waals surface area contributed by atoms with Crippen LogP contribution in [0.25, 0.3) is 16.6 Å². The molecule has 2 aromatic heterocycles. The van der Waals surface area contributed by atoms with Crippen molar-refractivity contribution in [3.8, 4) is 11.5 Å². The molecule has 1 aliphatic carbocycles. The highest BCUT2D eigenvalue weighted by atomic mass is 35.5. The van der Waals surface area contributed by atoms with Crippen LogP contribution in [0.15, 0.2) is 100 Å². The summed E-state index contributed by atoms with van der Waals surface area (Å²) in [5.41, 5.74) is 5.44. The van der Waals surface area contributed by atoms with Gasteiger partial charge in [-0.3, -0.25) is 24.2 Å². The molecular weight excluding hydrogens is 926 g/mol. The second-order valence-corrected chi connectivity index (χ2v) is 23.9. The number of benzene rings is 3. The zero-order chi connectivity index (χ0) is 48.2. The van der Waals surface area contributed by atoms with Gasteiger partial charge in [0.15, 0.2) is 0 Å². The maximum Gasteiger partial charge on any atom is 0.293 e. The number of H-pyrrole nitrogens is 1. The van der Waals surface area contributed by atoms with Gasteiger partial charge in [0.05, 0.1) is 21.6 Å². The number of pyridine rings is 1. The van der Waals surface area contributed by atoms with Gasteiger partial charge in [-0.05, 0) is 105 Å². The smallest absolute Gasteiger partial charge is 0.293 e. The van der Waals surface area contributed by atoms with Crippen LogP contribution in [0.1, 0.15) is 69.3 Å². The number of piperazine rings is 1. The summed E-state index contributed by atoms with van der Waals surface area (Å²) in [7, 11) is -6.81. The predicted molar refractivity (Wildman–Crippen MR) is 273 cm³/mol. The van der Waals surface area contributed by atoms with Gasteiger partial charge < -0.3 is 29.4 Å². The van der Waals surface area contributed by atoms with Crippen molar-refractivity contribution in [2.24, 2.45) is 9.78 Å². The number of nitrogens with one attached hydrogen (secondary N) is 3. The van der Waals surface area contributed by atoms with Gasteiger partial charge in [-0.15, -0.1) is 10.1 Å². The van der Waals surface area contributed by atoms with E-state index in [4.69, 9.17) is 16.3 Å². The van der Waals surface area contributed by atoms with Crippen LogP contribution >= 0.6 is 11.6 Å². The molecule has 0 saturated carbocycles. The molecule has 4 heterocycles. The van der Waals surface area contributed by atoms with Crippen LogP contribution in [-0.2, 0) is 20.1 Å². The van der Waals surface area contributed by atoms with Crippen molar-refractivity contribution in [2.75, 3.05) is 80.6 Å². The summed E-state index contributed by atoms with van der Waals surface area (Å²) >= 11 is 6.25. The number of nitrogens with zero attached hydrogens (tertiary/aromatic N) is 6. The Bertz CT molecular complexity index is 2850. The fourth-order valence-corrected chi connectivity index (χ4v) is 12.7. The number of thiol groups is 1. The molecule has 0 bridgehead atoms. The highest BCUT2D eigenvalue weighted by molar-refractivity contribution is 8.00. The third kappa shape index (κ3) is 11.9. The molecule has 1 atom stereocenters. The number of aromatic amines is 1. The van der Waals surface area contributed by atoms with Crippen molar-refractivity contribution in [1.82, 2.24) is 24.5 Å². The topological polar surface area (TPSA) is 199 Å². The van der Waals surface area contributed by atoms with Crippen molar-refractivity contribution in [3.63, 3.8) is 0 Å². The molecular formula is C49H62ClN9O7S2. The van der Waals surface area contributed by atoms with Crippen molar-refractivity contribution < 1.29 is 27.4 Å². The first kappa shape index (κ1) is 49.1.